The van der Waals surface area contributed by atoms with Crippen LogP contribution in [0, 0.1) is 30.2 Å². The number of hydrogen-bond acceptors (Lipinski definition) is 3. The van der Waals surface area contributed by atoms with Crippen molar-refractivity contribution in [2.75, 3.05) is 5.32 Å². The molecular formula is C20H11ClF7NO2S. The molecule has 2 aromatic carbocycles. The predicted molar refractivity (Wildman–Crippen MR) is 104 cm³/mol. The maximum Gasteiger partial charge on any atom is 0.422 e. The Hall–Kier alpha value is -2.79. The van der Waals surface area contributed by atoms with Gasteiger partial charge in [0, 0.05) is 10.6 Å². The average Bonchev–Trinajstić information content (AvgIpc) is 3.17. The van der Waals surface area contributed by atoms with Crippen LogP contribution in [0.4, 0.5) is 36.4 Å². The molecule has 0 spiro atoms. The highest BCUT2D eigenvalue weighted by molar-refractivity contribution is 7.12. The second-order valence-corrected chi connectivity index (χ2v) is 7.82. The zero-order valence-electron chi connectivity index (χ0n) is 15.8. The Morgan fingerprint density at radius 2 is 1.69 bits per heavy atom. The van der Waals surface area contributed by atoms with E-state index in [1.807, 2.05) is 0 Å². The third-order valence-corrected chi connectivity index (χ3v) is 5.41. The third kappa shape index (κ3) is 4.83. The van der Waals surface area contributed by atoms with Crippen LogP contribution in [0.5, 0.6) is 5.75 Å². The van der Waals surface area contributed by atoms with Crippen LogP contribution in [0.25, 0.3) is 0 Å². The lowest BCUT2D eigenvalue weighted by atomic mass is 10.1. The second-order valence-electron chi connectivity index (χ2n) is 6.48. The zero-order chi connectivity index (χ0) is 23.8. The van der Waals surface area contributed by atoms with Crippen molar-refractivity contribution in [3.8, 4) is 5.75 Å². The first-order valence-electron chi connectivity index (χ1n) is 8.61. The summed E-state index contributed by atoms with van der Waals surface area (Å²) in [5.74, 6) is -10.7. The number of amides is 1. The number of carbonyl (C=O) groups is 1. The van der Waals surface area contributed by atoms with Gasteiger partial charge in [-0.3, -0.25) is 4.79 Å². The number of hydrogen-bond donors (Lipinski definition) is 1. The molecule has 12 heteroatoms. The quantitative estimate of drug-likeness (QED) is 0.301. The number of halogens is 8. The third-order valence-electron chi connectivity index (χ3n) is 4.19. The van der Waals surface area contributed by atoms with E-state index in [0.717, 1.165) is 16.9 Å². The van der Waals surface area contributed by atoms with Crippen LogP contribution in [0.15, 0.2) is 29.6 Å². The molecule has 32 heavy (non-hydrogen) atoms. The molecule has 0 aliphatic carbocycles. The summed E-state index contributed by atoms with van der Waals surface area (Å²) in [6.45, 7) is 1.78. The smallest absolute Gasteiger partial charge is 0.422 e. The molecule has 0 fully saturated rings. The van der Waals surface area contributed by atoms with E-state index in [2.05, 4.69) is 0 Å². The molecule has 0 atom stereocenters. The van der Waals surface area contributed by atoms with Crippen molar-refractivity contribution >= 4 is 34.5 Å². The van der Waals surface area contributed by atoms with Crippen molar-refractivity contribution in [3.63, 3.8) is 0 Å². The van der Waals surface area contributed by atoms with Crippen molar-refractivity contribution in [2.45, 2.75) is 19.7 Å². The van der Waals surface area contributed by atoms with Crippen LogP contribution >= 0.6 is 22.9 Å². The van der Waals surface area contributed by atoms with Crippen molar-refractivity contribution in [1.82, 2.24) is 0 Å². The minimum atomic E-state index is -5.68. The Morgan fingerprint density at radius 1 is 1.06 bits per heavy atom. The van der Waals surface area contributed by atoms with Crippen molar-refractivity contribution in [1.29, 1.82) is 0 Å². The molecule has 0 saturated carbocycles. The number of alkyl halides is 3. The first-order valence-corrected chi connectivity index (χ1v) is 9.86. The Morgan fingerprint density at radius 3 is 2.25 bits per heavy atom. The standard InChI is InChI=1S/C20H11ClF7NO2S/c1-8-4-10(21)2-3-11(8)31-6-9-5-12(32-7-9)19(30)29-18-16(24)14(22)13(20(26,27)28)15(23)17(18)25/h2-5,7H,6H2,1H3,(H,29,30). The molecule has 170 valence electrons. The molecule has 0 aliphatic rings. The molecule has 0 radical (unpaired) electrons. The molecule has 1 heterocycles. The minimum Gasteiger partial charge on any atom is -0.489 e. The van der Waals surface area contributed by atoms with E-state index in [4.69, 9.17) is 16.3 Å². The van der Waals surface area contributed by atoms with Gasteiger partial charge in [0.2, 0.25) is 0 Å². The number of carbonyl (C=O) groups excluding carboxylic acids is 1. The lowest BCUT2D eigenvalue weighted by Crippen LogP contribution is -2.19. The summed E-state index contributed by atoms with van der Waals surface area (Å²) in [5, 5.41) is 3.58. The molecule has 0 unspecified atom stereocenters. The minimum absolute atomic E-state index is 0.0124. The van der Waals surface area contributed by atoms with Gasteiger partial charge in [-0.05, 0) is 42.1 Å². The molecule has 0 saturated heterocycles. The lowest BCUT2D eigenvalue weighted by molar-refractivity contribution is -0.143. The van der Waals surface area contributed by atoms with Crippen molar-refractivity contribution in [2.24, 2.45) is 0 Å². The molecule has 3 rings (SSSR count). The van der Waals surface area contributed by atoms with Gasteiger partial charge in [-0.25, -0.2) is 17.6 Å². The van der Waals surface area contributed by atoms with Gasteiger partial charge >= 0.3 is 6.18 Å². The maximum atomic E-state index is 14.0. The van der Waals surface area contributed by atoms with Gasteiger partial charge in [0.15, 0.2) is 23.3 Å². The van der Waals surface area contributed by atoms with Gasteiger partial charge in [-0.2, -0.15) is 13.2 Å². The summed E-state index contributed by atoms with van der Waals surface area (Å²) >= 11 is 6.68. The lowest BCUT2D eigenvalue weighted by Gasteiger charge is -2.14. The van der Waals surface area contributed by atoms with Gasteiger partial charge in [-0.15, -0.1) is 11.3 Å². The second kappa shape index (κ2) is 8.99. The summed E-state index contributed by atoms with van der Waals surface area (Å²) in [6.07, 6.45) is -5.68. The van der Waals surface area contributed by atoms with Crippen LogP contribution in [0.3, 0.4) is 0 Å². The van der Waals surface area contributed by atoms with Crippen molar-refractivity contribution < 1.29 is 40.3 Å². The highest BCUT2D eigenvalue weighted by atomic mass is 35.5. The molecule has 3 nitrogen and oxygen atoms in total. The zero-order valence-corrected chi connectivity index (χ0v) is 17.4. The molecule has 3 aromatic rings. The Balaban J connectivity index is 1.78. The highest BCUT2D eigenvalue weighted by Crippen LogP contribution is 2.38. The predicted octanol–water partition coefficient (Wildman–Crippen LogP) is 7.12. The first-order chi connectivity index (χ1) is 14.9. The van der Waals surface area contributed by atoms with E-state index < -0.39 is 46.6 Å². The number of ether oxygens (including phenoxy) is 1. The van der Waals surface area contributed by atoms with Gasteiger partial charge in [-0.1, -0.05) is 11.6 Å². The number of rotatable bonds is 5. The SMILES string of the molecule is Cc1cc(Cl)ccc1OCc1csc(C(=O)Nc2c(F)c(F)c(C(F)(F)F)c(F)c2F)c1. The van der Waals surface area contributed by atoms with Crippen LogP contribution in [0.2, 0.25) is 5.02 Å². The molecule has 0 bridgehead atoms. The normalized spacial score (nSPS) is 11.5. The largest absolute Gasteiger partial charge is 0.489 e. The molecule has 0 aliphatic heterocycles. The van der Waals surface area contributed by atoms with E-state index in [9.17, 15) is 35.5 Å². The summed E-state index contributed by atoms with van der Waals surface area (Å²) < 4.78 is 98.9. The number of aryl methyl sites for hydroxylation is 1. The van der Waals surface area contributed by atoms with E-state index in [1.165, 1.54) is 11.4 Å². The number of thiophene rings is 1. The summed E-state index contributed by atoms with van der Waals surface area (Å²) in [5.41, 5.74) is -3.15. The Kier molecular flexibility index (Phi) is 6.70. The van der Waals surface area contributed by atoms with E-state index in [-0.39, 0.29) is 11.5 Å². The van der Waals surface area contributed by atoms with Gasteiger partial charge in [0.1, 0.15) is 23.6 Å². The molecular weight excluding hydrogens is 487 g/mol. The van der Waals surface area contributed by atoms with Gasteiger partial charge in [0.25, 0.3) is 5.91 Å². The molecule has 1 N–H and O–H groups in total. The number of nitrogens with one attached hydrogen (secondary N) is 1. The highest BCUT2D eigenvalue weighted by Gasteiger charge is 2.42. The fourth-order valence-electron chi connectivity index (χ4n) is 2.67. The fourth-order valence-corrected chi connectivity index (χ4v) is 3.69. The number of anilines is 1. The van der Waals surface area contributed by atoms with Gasteiger partial charge < -0.3 is 10.1 Å². The number of benzene rings is 2. The van der Waals surface area contributed by atoms with E-state index in [1.54, 1.807) is 30.4 Å². The summed E-state index contributed by atoms with van der Waals surface area (Å²) in [7, 11) is 0. The summed E-state index contributed by atoms with van der Waals surface area (Å²) in [4.78, 5) is 12.1. The van der Waals surface area contributed by atoms with Crippen LogP contribution in [-0.4, -0.2) is 5.91 Å². The van der Waals surface area contributed by atoms with Gasteiger partial charge in [0.05, 0.1) is 4.88 Å². The Bertz CT molecular complexity index is 1160. The fraction of sp³-hybridized carbons (Fsp3) is 0.150. The van der Waals surface area contributed by atoms with E-state index >= 15 is 0 Å². The van der Waals surface area contributed by atoms with Crippen molar-refractivity contribution in [3.05, 3.63) is 79.5 Å². The van der Waals surface area contributed by atoms with Crippen LogP contribution in [-0.2, 0) is 12.8 Å². The Labute approximate surface area is 185 Å². The maximum absolute atomic E-state index is 14.0. The topological polar surface area (TPSA) is 38.3 Å². The average molecular weight is 498 g/mol. The molecule has 1 aromatic heterocycles. The van der Waals surface area contributed by atoms with E-state index in [0.29, 0.717) is 16.3 Å². The summed E-state index contributed by atoms with van der Waals surface area (Å²) in [6, 6.07) is 6.21. The monoisotopic (exact) mass is 497 g/mol. The van der Waals surface area contributed by atoms with Crippen LogP contribution in [0.1, 0.15) is 26.4 Å². The van der Waals surface area contributed by atoms with Crippen LogP contribution < -0.4 is 10.1 Å². The molecule has 1 amide bonds. The first kappa shape index (κ1) is 23.9.